The number of quaternary nitrogens is 1. The van der Waals surface area contributed by atoms with E-state index in [1.54, 1.807) is 17.0 Å². The second-order valence-corrected chi connectivity index (χ2v) is 9.66. The number of piperazine rings is 1. The fourth-order valence-electron chi connectivity index (χ4n) is 4.19. The number of nitrogens with zero attached hydrogens (tertiary/aromatic N) is 3. The summed E-state index contributed by atoms with van der Waals surface area (Å²) < 4.78 is 27.2. The molecule has 2 fully saturated rings. The molecule has 1 amide bonds. The van der Waals surface area contributed by atoms with Crippen LogP contribution in [0.1, 0.15) is 37.7 Å². The summed E-state index contributed by atoms with van der Waals surface area (Å²) in [7, 11) is -1.64. The van der Waals surface area contributed by atoms with Crippen molar-refractivity contribution in [3.8, 4) is 6.07 Å². The number of nitriles is 1. The standard InChI is InChI=1S/C20H28N4O3S/c1-22(18-8-3-2-4-9-18)16-20(25)23-11-13-24(14-12-23)28(26,27)19-10-6-5-7-17(19)15-21/h5-7,10,18H,2-4,8-9,11-14,16H2,1H3/p+1. The molecule has 1 aliphatic carbocycles. The quantitative estimate of drug-likeness (QED) is 0.760. The van der Waals surface area contributed by atoms with E-state index in [4.69, 9.17) is 0 Å². The summed E-state index contributed by atoms with van der Waals surface area (Å²) in [5, 5.41) is 9.20. The van der Waals surface area contributed by atoms with Gasteiger partial charge in [-0.15, -0.1) is 0 Å². The highest BCUT2D eigenvalue weighted by Crippen LogP contribution is 2.21. The molecule has 0 radical (unpaired) electrons. The molecule has 0 aromatic heterocycles. The fourth-order valence-corrected chi connectivity index (χ4v) is 5.76. The normalized spacial score (nSPS) is 20.5. The van der Waals surface area contributed by atoms with Crippen LogP contribution in [-0.4, -0.2) is 69.3 Å². The van der Waals surface area contributed by atoms with Crippen molar-refractivity contribution in [2.75, 3.05) is 39.8 Å². The molecule has 8 heteroatoms. The van der Waals surface area contributed by atoms with Gasteiger partial charge in [-0.1, -0.05) is 18.6 Å². The monoisotopic (exact) mass is 405 g/mol. The van der Waals surface area contributed by atoms with Crippen molar-refractivity contribution in [3.05, 3.63) is 29.8 Å². The number of nitrogens with one attached hydrogen (secondary N) is 1. The molecular weight excluding hydrogens is 376 g/mol. The lowest BCUT2D eigenvalue weighted by molar-refractivity contribution is -0.899. The zero-order valence-electron chi connectivity index (χ0n) is 16.4. The number of sulfonamides is 1. The Morgan fingerprint density at radius 1 is 1.14 bits per heavy atom. The topological polar surface area (TPSA) is 85.9 Å². The molecule has 1 N–H and O–H groups in total. The Labute approximate surface area is 167 Å². The average Bonchev–Trinajstić information content (AvgIpc) is 2.74. The van der Waals surface area contributed by atoms with Crippen molar-refractivity contribution in [1.82, 2.24) is 9.21 Å². The number of hydrogen-bond acceptors (Lipinski definition) is 4. The second kappa shape index (κ2) is 9.03. The Bertz CT molecular complexity index is 835. The molecule has 28 heavy (non-hydrogen) atoms. The van der Waals surface area contributed by atoms with Crippen LogP contribution in [-0.2, 0) is 14.8 Å². The van der Waals surface area contributed by atoms with Crippen molar-refractivity contribution >= 4 is 15.9 Å². The Morgan fingerprint density at radius 3 is 2.43 bits per heavy atom. The van der Waals surface area contributed by atoms with E-state index in [0.29, 0.717) is 25.7 Å². The zero-order chi connectivity index (χ0) is 20.1. The molecule has 0 bridgehead atoms. The van der Waals surface area contributed by atoms with Crippen LogP contribution in [0.2, 0.25) is 0 Å². The van der Waals surface area contributed by atoms with Crippen LogP contribution < -0.4 is 4.90 Å². The Balaban J connectivity index is 1.58. The first kappa shape index (κ1) is 20.8. The lowest BCUT2D eigenvalue weighted by Crippen LogP contribution is -3.14. The van der Waals surface area contributed by atoms with Gasteiger partial charge in [-0.3, -0.25) is 4.79 Å². The van der Waals surface area contributed by atoms with Gasteiger partial charge >= 0.3 is 0 Å². The highest BCUT2D eigenvalue weighted by molar-refractivity contribution is 7.89. The minimum absolute atomic E-state index is 0.0405. The Morgan fingerprint density at radius 2 is 1.79 bits per heavy atom. The lowest BCUT2D eigenvalue weighted by atomic mass is 9.94. The van der Waals surface area contributed by atoms with Gasteiger partial charge in [0, 0.05) is 26.2 Å². The second-order valence-electron chi connectivity index (χ2n) is 7.75. The van der Waals surface area contributed by atoms with Gasteiger partial charge in [-0.25, -0.2) is 8.42 Å². The van der Waals surface area contributed by atoms with E-state index >= 15 is 0 Å². The molecule has 0 spiro atoms. The van der Waals surface area contributed by atoms with E-state index in [1.165, 1.54) is 53.4 Å². The van der Waals surface area contributed by atoms with Gasteiger partial charge in [0.25, 0.3) is 5.91 Å². The van der Waals surface area contributed by atoms with Gasteiger partial charge in [-0.05, 0) is 37.8 Å². The van der Waals surface area contributed by atoms with Crippen LogP contribution in [0.15, 0.2) is 29.2 Å². The predicted octanol–water partition coefficient (Wildman–Crippen LogP) is 0.239. The van der Waals surface area contributed by atoms with Gasteiger partial charge in [0.15, 0.2) is 6.54 Å². The molecule has 7 nitrogen and oxygen atoms in total. The van der Waals surface area contributed by atoms with Gasteiger partial charge in [0.2, 0.25) is 10.0 Å². The summed E-state index contributed by atoms with van der Waals surface area (Å²) in [6.45, 7) is 1.77. The molecular formula is C20H29N4O3S+. The van der Waals surface area contributed by atoms with E-state index in [9.17, 15) is 18.5 Å². The molecule has 1 heterocycles. The molecule has 3 rings (SSSR count). The number of benzene rings is 1. The van der Waals surface area contributed by atoms with E-state index in [-0.39, 0.29) is 29.5 Å². The molecule has 1 atom stereocenters. The summed E-state index contributed by atoms with van der Waals surface area (Å²) in [6, 6.07) is 8.76. The van der Waals surface area contributed by atoms with Gasteiger partial charge in [0.05, 0.1) is 23.5 Å². The Kier molecular flexibility index (Phi) is 6.70. The number of amides is 1. The van der Waals surface area contributed by atoms with Crippen molar-refractivity contribution in [1.29, 1.82) is 5.26 Å². The maximum Gasteiger partial charge on any atom is 0.277 e. The lowest BCUT2D eigenvalue weighted by Gasteiger charge is -2.35. The van der Waals surface area contributed by atoms with E-state index in [0.717, 1.165) is 0 Å². The van der Waals surface area contributed by atoms with Crippen LogP contribution in [0.25, 0.3) is 0 Å². The first-order chi connectivity index (χ1) is 13.4. The van der Waals surface area contributed by atoms with Crippen LogP contribution >= 0.6 is 0 Å². The minimum atomic E-state index is -3.73. The summed E-state index contributed by atoms with van der Waals surface area (Å²) in [6.07, 6.45) is 6.16. The Hall–Kier alpha value is -1.95. The number of rotatable bonds is 5. The number of hydrogen-bond donors (Lipinski definition) is 1. The van der Waals surface area contributed by atoms with Crippen molar-refractivity contribution in [3.63, 3.8) is 0 Å². The van der Waals surface area contributed by atoms with E-state index in [1.807, 2.05) is 6.07 Å². The first-order valence-electron chi connectivity index (χ1n) is 10.0. The third kappa shape index (κ3) is 4.54. The number of carbonyl (C=O) groups excluding carboxylic acids is 1. The average molecular weight is 406 g/mol. The smallest absolute Gasteiger partial charge is 0.277 e. The molecule has 1 unspecified atom stereocenters. The minimum Gasteiger partial charge on any atom is -0.335 e. The summed E-state index contributed by atoms with van der Waals surface area (Å²) in [5.41, 5.74) is 0.152. The van der Waals surface area contributed by atoms with Gasteiger partial charge < -0.3 is 9.80 Å². The maximum atomic E-state index is 12.9. The molecule has 1 saturated heterocycles. The first-order valence-corrected chi connectivity index (χ1v) is 11.5. The van der Waals surface area contributed by atoms with Gasteiger partial charge in [-0.2, -0.15) is 9.57 Å². The SMILES string of the molecule is C[NH+](CC(=O)N1CCN(S(=O)(=O)c2ccccc2C#N)CC1)C1CCCCC1. The summed E-state index contributed by atoms with van der Waals surface area (Å²) >= 11 is 0. The highest BCUT2D eigenvalue weighted by Gasteiger charge is 2.33. The van der Waals surface area contributed by atoms with E-state index < -0.39 is 10.0 Å². The molecule has 1 saturated carbocycles. The molecule has 1 aliphatic heterocycles. The van der Waals surface area contributed by atoms with Crippen molar-refractivity contribution in [2.45, 2.75) is 43.0 Å². The summed E-state index contributed by atoms with van der Waals surface area (Å²) in [4.78, 5) is 15.8. The van der Waals surface area contributed by atoms with Crippen LogP contribution in [0, 0.1) is 11.3 Å². The van der Waals surface area contributed by atoms with Crippen LogP contribution in [0.3, 0.4) is 0 Å². The third-order valence-corrected chi connectivity index (χ3v) is 7.91. The number of carbonyl (C=O) groups is 1. The van der Waals surface area contributed by atoms with Crippen molar-refractivity contribution < 1.29 is 18.1 Å². The highest BCUT2D eigenvalue weighted by atomic mass is 32.2. The maximum absolute atomic E-state index is 12.9. The fraction of sp³-hybridized carbons (Fsp3) is 0.600. The third-order valence-electron chi connectivity index (χ3n) is 5.95. The van der Waals surface area contributed by atoms with Gasteiger partial charge in [0.1, 0.15) is 6.07 Å². The van der Waals surface area contributed by atoms with E-state index in [2.05, 4.69) is 7.05 Å². The predicted molar refractivity (Wildman–Crippen MR) is 105 cm³/mol. The molecule has 1 aromatic rings. The zero-order valence-corrected chi connectivity index (χ0v) is 17.2. The van der Waals surface area contributed by atoms with Crippen LogP contribution in [0.4, 0.5) is 0 Å². The van der Waals surface area contributed by atoms with Crippen molar-refractivity contribution in [2.24, 2.45) is 0 Å². The summed E-state index contributed by atoms with van der Waals surface area (Å²) in [5.74, 6) is 0.0950. The number of likely N-dealkylation sites (N-methyl/N-ethyl adjacent to an activating group) is 1. The van der Waals surface area contributed by atoms with Crippen LogP contribution in [0.5, 0.6) is 0 Å². The largest absolute Gasteiger partial charge is 0.335 e. The molecule has 2 aliphatic rings. The molecule has 1 aromatic carbocycles. The molecule has 152 valence electrons.